The van der Waals surface area contributed by atoms with Crippen LogP contribution in [0.3, 0.4) is 0 Å². The molecule has 1 aliphatic heterocycles. The minimum Gasteiger partial charge on any atom is -0.352 e. The van der Waals surface area contributed by atoms with E-state index in [-0.39, 0.29) is 10.6 Å². The monoisotopic (exact) mass is 248 g/mol. The van der Waals surface area contributed by atoms with Gasteiger partial charge in [0.25, 0.3) is 5.69 Å². The fourth-order valence-corrected chi connectivity index (χ4v) is 1.96. The van der Waals surface area contributed by atoms with Crippen molar-refractivity contribution in [2.45, 2.75) is 13.5 Å². The molecule has 0 bridgehead atoms. The number of benzene rings is 1. The summed E-state index contributed by atoms with van der Waals surface area (Å²) in [5, 5.41) is 14.0. The molecule has 2 rings (SSSR count). The number of nitro benzene ring substituents is 1. The fraction of sp³-hybridized carbons (Fsp3) is 0.417. The Labute approximate surface area is 105 Å². The maximum atomic E-state index is 10.8. The van der Waals surface area contributed by atoms with Crippen molar-refractivity contribution in [1.29, 1.82) is 0 Å². The molecule has 0 radical (unpaired) electrons. The van der Waals surface area contributed by atoms with E-state index >= 15 is 0 Å². The Balaban J connectivity index is 2.10. The molecule has 0 saturated carbocycles. The summed E-state index contributed by atoms with van der Waals surface area (Å²) < 4.78 is 0. The summed E-state index contributed by atoms with van der Waals surface area (Å²) in [5.41, 5.74) is 1.79. The molecule has 0 spiro atoms. The first-order valence-electron chi connectivity index (χ1n) is 5.82. The summed E-state index contributed by atoms with van der Waals surface area (Å²) in [6, 6.07) is 5.13. The molecular formula is C12H16N4O2. The summed E-state index contributed by atoms with van der Waals surface area (Å²) in [5.74, 6) is 0.848. The molecule has 18 heavy (non-hydrogen) atoms. The van der Waals surface area contributed by atoms with Crippen molar-refractivity contribution in [3.63, 3.8) is 0 Å². The Bertz CT molecular complexity index is 499. The van der Waals surface area contributed by atoms with E-state index in [2.05, 4.69) is 10.3 Å². The Hall–Kier alpha value is -2.11. The first-order valence-corrected chi connectivity index (χ1v) is 5.82. The standard InChI is InChI=1S/C12H16N4O2/c1-9-10(4-3-5-11(9)16(17)18)8-14-12-13-6-7-15(12)2/h3-5H,6-8H2,1-2H3,(H,13,14). The van der Waals surface area contributed by atoms with Crippen LogP contribution >= 0.6 is 0 Å². The molecule has 1 N–H and O–H groups in total. The lowest BCUT2D eigenvalue weighted by Crippen LogP contribution is -2.35. The fourth-order valence-electron chi connectivity index (χ4n) is 1.96. The molecule has 1 aromatic carbocycles. The first kappa shape index (κ1) is 12.3. The zero-order chi connectivity index (χ0) is 13.1. The molecule has 0 aromatic heterocycles. The summed E-state index contributed by atoms with van der Waals surface area (Å²) in [6.07, 6.45) is 0. The number of nitrogens with zero attached hydrogens (tertiary/aromatic N) is 3. The summed E-state index contributed by atoms with van der Waals surface area (Å²) in [6.45, 7) is 4.04. The van der Waals surface area contributed by atoms with Gasteiger partial charge in [-0.15, -0.1) is 0 Å². The molecule has 0 aliphatic carbocycles. The Morgan fingerprint density at radius 1 is 1.56 bits per heavy atom. The van der Waals surface area contributed by atoms with Crippen LogP contribution in [0.5, 0.6) is 0 Å². The zero-order valence-corrected chi connectivity index (χ0v) is 10.5. The number of hydrogen-bond acceptors (Lipinski definition) is 5. The van der Waals surface area contributed by atoms with Crippen molar-refractivity contribution < 1.29 is 4.92 Å². The summed E-state index contributed by atoms with van der Waals surface area (Å²) in [4.78, 5) is 16.8. The van der Waals surface area contributed by atoms with Crippen molar-refractivity contribution in [3.8, 4) is 0 Å². The van der Waals surface area contributed by atoms with Crippen molar-refractivity contribution in [1.82, 2.24) is 10.2 Å². The zero-order valence-electron chi connectivity index (χ0n) is 10.5. The van der Waals surface area contributed by atoms with Crippen LogP contribution in [0.1, 0.15) is 11.1 Å². The Morgan fingerprint density at radius 2 is 2.33 bits per heavy atom. The second-order valence-corrected chi connectivity index (χ2v) is 4.30. The molecule has 1 aromatic rings. The predicted octanol–water partition coefficient (Wildman–Crippen LogP) is 1.29. The topological polar surface area (TPSA) is 70.8 Å². The largest absolute Gasteiger partial charge is 0.352 e. The van der Waals surface area contributed by atoms with Crippen LogP contribution in [-0.4, -0.2) is 35.9 Å². The van der Waals surface area contributed by atoms with E-state index in [9.17, 15) is 10.1 Å². The van der Waals surface area contributed by atoms with Gasteiger partial charge in [-0.05, 0) is 12.5 Å². The third-order valence-electron chi connectivity index (χ3n) is 3.11. The lowest BCUT2D eigenvalue weighted by atomic mass is 10.1. The number of rotatable bonds is 3. The number of nitrogens with one attached hydrogen (secondary N) is 1. The minimum absolute atomic E-state index is 0.163. The highest BCUT2D eigenvalue weighted by molar-refractivity contribution is 5.81. The van der Waals surface area contributed by atoms with E-state index in [1.54, 1.807) is 13.0 Å². The highest BCUT2D eigenvalue weighted by Gasteiger charge is 2.15. The van der Waals surface area contributed by atoms with Crippen LogP contribution in [-0.2, 0) is 6.54 Å². The van der Waals surface area contributed by atoms with Gasteiger partial charge in [-0.25, -0.2) is 0 Å². The van der Waals surface area contributed by atoms with Crippen LogP contribution < -0.4 is 5.32 Å². The van der Waals surface area contributed by atoms with Gasteiger partial charge in [0.1, 0.15) is 0 Å². The Kier molecular flexibility index (Phi) is 3.45. The molecule has 0 fully saturated rings. The number of hydrogen-bond donors (Lipinski definition) is 1. The van der Waals surface area contributed by atoms with Crippen LogP contribution in [0.2, 0.25) is 0 Å². The van der Waals surface area contributed by atoms with E-state index < -0.39 is 0 Å². The summed E-state index contributed by atoms with van der Waals surface area (Å²) in [7, 11) is 1.97. The molecule has 0 amide bonds. The van der Waals surface area contributed by atoms with Crippen molar-refractivity contribution in [2.75, 3.05) is 20.1 Å². The molecule has 1 heterocycles. The lowest BCUT2D eigenvalue weighted by molar-refractivity contribution is -0.385. The van der Waals surface area contributed by atoms with Gasteiger partial charge in [-0.3, -0.25) is 15.1 Å². The molecule has 1 aliphatic rings. The van der Waals surface area contributed by atoms with Crippen LogP contribution in [0.15, 0.2) is 23.2 Å². The van der Waals surface area contributed by atoms with Crippen LogP contribution in [0.4, 0.5) is 5.69 Å². The molecule has 0 saturated heterocycles. The van der Waals surface area contributed by atoms with Crippen LogP contribution in [0, 0.1) is 17.0 Å². The Morgan fingerprint density at radius 3 is 2.94 bits per heavy atom. The SMILES string of the molecule is Cc1c(CNC2=NCCN2C)cccc1[N+](=O)[O-]. The van der Waals surface area contributed by atoms with Crippen molar-refractivity contribution in [3.05, 3.63) is 39.4 Å². The second kappa shape index (κ2) is 5.03. The predicted molar refractivity (Wildman–Crippen MR) is 69.6 cm³/mol. The highest BCUT2D eigenvalue weighted by Crippen LogP contribution is 2.20. The van der Waals surface area contributed by atoms with Gasteiger partial charge in [-0.1, -0.05) is 12.1 Å². The molecule has 0 atom stereocenters. The number of likely N-dealkylation sites (N-methyl/N-ethyl adjacent to an activating group) is 1. The third kappa shape index (κ3) is 2.42. The quantitative estimate of drug-likeness (QED) is 0.646. The number of guanidine groups is 1. The van der Waals surface area contributed by atoms with Gasteiger partial charge in [-0.2, -0.15) is 0 Å². The van der Waals surface area contributed by atoms with Crippen LogP contribution in [0.25, 0.3) is 0 Å². The van der Waals surface area contributed by atoms with Gasteiger partial charge in [0.2, 0.25) is 0 Å². The molecule has 0 unspecified atom stereocenters. The van der Waals surface area contributed by atoms with Gasteiger partial charge in [0.15, 0.2) is 5.96 Å². The summed E-state index contributed by atoms with van der Waals surface area (Å²) >= 11 is 0. The van der Waals surface area contributed by atoms with Crippen molar-refractivity contribution >= 4 is 11.6 Å². The molecule has 6 nitrogen and oxygen atoms in total. The van der Waals surface area contributed by atoms with Gasteiger partial charge in [0.05, 0.1) is 11.5 Å². The first-order chi connectivity index (χ1) is 8.59. The third-order valence-corrected chi connectivity index (χ3v) is 3.11. The van der Waals surface area contributed by atoms with E-state index in [0.717, 1.165) is 24.6 Å². The average Bonchev–Trinajstić information content (AvgIpc) is 2.73. The maximum absolute atomic E-state index is 10.8. The molecular weight excluding hydrogens is 232 g/mol. The van der Waals surface area contributed by atoms with E-state index in [0.29, 0.717) is 12.1 Å². The lowest BCUT2D eigenvalue weighted by Gasteiger charge is -2.15. The van der Waals surface area contributed by atoms with Crippen molar-refractivity contribution in [2.24, 2.45) is 4.99 Å². The second-order valence-electron chi connectivity index (χ2n) is 4.30. The molecule has 6 heteroatoms. The van der Waals surface area contributed by atoms with Gasteiger partial charge >= 0.3 is 0 Å². The number of nitro groups is 1. The van der Waals surface area contributed by atoms with E-state index in [1.165, 1.54) is 6.07 Å². The molecule has 96 valence electrons. The minimum atomic E-state index is -0.349. The van der Waals surface area contributed by atoms with Gasteiger partial charge in [0, 0.05) is 31.8 Å². The van der Waals surface area contributed by atoms with E-state index in [1.807, 2.05) is 18.0 Å². The van der Waals surface area contributed by atoms with E-state index in [4.69, 9.17) is 0 Å². The van der Waals surface area contributed by atoms with Gasteiger partial charge < -0.3 is 10.2 Å². The highest BCUT2D eigenvalue weighted by atomic mass is 16.6. The average molecular weight is 248 g/mol. The maximum Gasteiger partial charge on any atom is 0.272 e. The smallest absolute Gasteiger partial charge is 0.272 e. The normalized spacial score (nSPS) is 14.6. The number of aliphatic imine (C=N–C) groups is 1.